The van der Waals surface area contributed by atoms with Gasteiger partial charge in [0, 0.05) is 0 Å². The van der Waals surface area contributed by atoms with Gasteiger partial charge in [-0.05, 0) is 18.2 Å². The zero-order valence-electron chi connectivity index (χ0n) is 9.15. The van der Waals surface area contributed by atoms with Gasteiger partial charge in [0.2, 0.25) is 10.0 Å². The number of nitrogens with zero attached hydrogens (tertiary/aromatic N) is 3. The van der Waals surface area contributed by atoms with Crippen LogP contribution in [0.25, 0.3) is 11.0 Å². The van der Waals surface area contributed by atoms with Crippen LogP contribution in [0, 0.1) is 0 Å². The second kappa shape index (κ2) is 4.35. The standard InChI is InChI=1S/C9H10N4O4S/c10-18(16,17)4-3-13-8-5-6(9(14)15)1-2-7(8)11-12-13/h1-2,5H,3-4H2,(H,14,15)(H2,10,16,17). The quantitative estimate of drug-likeness (QED) is 0.764. The Bertz CT molecular complexity index is 706. The highest BCUT2D eigenvalue weighted by atomic mass is 32.2. The van der Waals surface area contributed by atoms with Gasteiger partial charge in [0.15, 0.2) is 0 Å². The molecule has 3 N–H and O–H groups in total. The summed E-state index contributed by atoms with van der Waals surface area (Å²) >= 11 is 0. The van der Waals surface area contributed by atoms with Crippen molar-refractivity contribution in [3.63, 3.8) is 0 Å². The normalized spacial score (nSPS) is 11.8. The number of carbonyl (C=O) groups is 1. The number of aryl methyl sites for hydroxylation is 1. The Morgan fingerprint density at radius 2 is 2.17 bits per heavy atom. The predicted molar refractivity (Wildman–Crippen MR) is 62.5 cm³/mol. The Hall–Kier alpha value is -2.00. The van der Waals surface area contributed by atoms with Gasteiger partial charge in [0.05, 0.1) is 23.4 Å². The Labute approximate surface area is 102 Å². The molecule has 0 spiro atoms. The fourth-order valence-corrected chi connectivity index (χ4v) is 1.90. The molecule has 0 bridgehead atoms. The number of primary sulfonamides is 1. The Morgan fingerprint density at radius 1 is 1.44 bits per heavy atom. The molecule has 96 valence electrons. The molecule has 0 amide bonds. The van der Waals surface area contributed by atoms with E-state index in [0.29, 0.717) is 11.0 Å². The highest BCUT2D eigenvalue weighted by molar-refractivity contribution is 7.89. The molecular formula is C9H10N4O4S. The van der Waals surface area contributed by atoms with Crippen molar-refractivity contribution in [3.05, 3.63) is 23.8 Å². The molecule has 2 aromatic rings. The monoisotopic (exact) mass is 270 g/mol. The van der Waals surface area contributed by atoms with Crippen LogP contribution in [0.2, 0.25) is 0 Å². The van der Waals surface area contributed by atoms with Crippen LogP contribution in [0.3, 0.4) is 0 Å². The van der Waals surface area contributed by atoms with Gasteiger partial charge in [-0.25, -0.2) is 23.0 Å². The maximum atomic E-state index is 10.9. The zero-order valence-corrected chi connectivity index (χ0v) is 9.96. The number of benzene rings is 1. The highest BCUT2D eigenvalue weighted by Gasteiger charge is 2.11. The van der Waals surface area contributed by atoms with Crippen molar-refractivity contribution in [2.75, 3.05) is 5.75 Å². The second-order valence-electron chi connectivity index (χ2n) is 3.69. The van der Waals surface area contributed by atoms with E-state index in [1.807, 2.05) is 0 Å². The van der Waals surface area contributed by atoms with Crippen molar-refractivity contribution in [1.29, 1.82) is 0 Å². The number of nitrogens with two attached hydrogens (primary N) is 1. The number of hydrogen-bond acceptors (Lipinski definition) is 5. The van der Waals surface area contributed by atoms with Crippen LogP contribution in [-0.4, -0.2) is 40.2 Å². The first kappa shape index (κ1) is 12.5. The summed E-state index contributed by atoms with van der Waals surface area (Å²) in [4.78, 5) is 10.8. The summed E-state index contributed by atoms with van der Waals surface area (Å²) in [6.45, 7) is 0.0262. The van der Waals surface area contributed by atoms with Crippen LogP contribution < -0.4 is 5.14 Å². The average molecular weight is 270 g/mol. The lowest BCUT2D eigenvalue weighted by atomic mass is 10.2. The van der Waals surface area contributed by atoms with E-state index in [1.54, 1.807) is 0 Å². The van der Waals surface area contributed by atoms with Crippen molar-refractivity contribution in [2.24, 2.45) is 5.14 Å². The molecule has 0 aliphatic heterocycles. The smallest absolute Gasteiger partial charge is 0.335 e. The average Bonchev–Trinajstić information content (AvgIpc) is 2.67. The minimum Gasteiger partial charge on any atom is -0.478 e. The van der Waals surface area contributed by atoms with Crippen LogP contribution in [0.4, 0.5) is 0 Å². The van der Waals surface area contributed by atoms with E-state index in [1.165, 1.54) is 22.9 Å². The molecule has 2 rings (SSSR count). The number of fused-ring (bicyclic) bond motifs is 1. The lowest BCUT2D eigenvalue weighted by Gasteiger charge is -2.01. The SMILES string of the molecule is NS(=O)(=O)CCn1nnc2ccc(C(=O)O)cc21. The third-order valence-electron chi connectivity index (χ3n) is 2.35. The molecule has 18 heavy (non-hydrogen) atoms. The summed E-state index contributed by atoms with van der Waals surface area (Å²) in [5.74, 6) is -1.36. The summed E-state index contributed by atoms with van der Waals surface area (Å²) in [7, 11) is -3.60. The van der Waals surface area contributed by atoms with Gasteiger partial charge in [-0.15, -0.1) is 5.10 Å². The number of aromatic carboxylic acids is 1. The lowest BCUT2D eigenvalue weighted by Crippen LogP contribution is -2.20. The maximum Gasteiger partial charge on any atom is 0.335 e. The minimum atomic E-state index is -3.60. The molecule has 0 unspecified atom stereocenters. The van der Waals surface area contributed by atoms with Gasteiger partial charge in [-0.2, -0.15) is 0 Å². The van der Waals surface area contributed by atoms with Crippen LogP contribution in [-0.2, 0) is 16.6 Å². The number of carboxylic acid groups (broad SMARTS) is 1. The van der Waals surface area contributed by atoms with Gasteiger partial charge < -0.3 is 5.11 Å². The molecule has 0 fully saturated rings. The lowest BCUT2D eigenvalue weighted by molar-refractivity contribution is 0.0697. The largest absolute Gasteiger partial charge is 0.478 e. The Morgan fingerprint density at radius 3 is 2.78 bits per heavy atom. The predicted octanol–water partition coefficient (Wildman–Crippen LogP) is -0.582. The van der Waals surface area contributed by atoms with Gasteiger partial charge >= 0.3 is 5.97 Å². The zero-order chi connectivity index (χ0) is 13.3. The van der Waals surface area contributed by atoms with Crippen LogP contribution >= 0.6 is 0 Å². The van der Waals surface area contributed by atoms with Crippen molar-refractivity contribution >= 4 is 27.0 Å². The topological polar surface area (TPSA) is 128 Å². The molecule has 1 heterocycles. The summed E-state index contributed by atoms with van der Waals surface area (Å²) < 4.78 is 23.0. The first-order valence-corrected chi connectivity index (χ1v) is 6.65. The third kappa shape index (κ3) is 2.63. The molecule has 1 aromatic carbocycles. The molecule has 0 aliphatic rings. The van der Waals surface area contributed by atoms with Gasteiger partial charge in [-0.1, -0.05) is 5.21 Å². The fraction of sp³-hybridized carbons (Fsp3) is 0.222. The van der Waals surface area contributed by atoms with E-state index in [-0.39, 0.29) is 17.9 Å². The summed E-state index contributed by atoms with van der Waals surface area (Å²) in [6, 6.07) is 4.31. The van der Waals surface area contributed by atoms with Crippen LogP contribution in [0.5, 0.6) is 0 Å². The van der Waals surface area contributed by atoms with E-state index in [0.717, 1.165) is 0 Å². The van der Waals surface area contributed by atoms with E-state index in [2.05, 4.69) is 10.3 Å². The molecule has 0 saturated carbocycles. The number of carboxylic acids is 1. The molecule has 0 saturated heterocycles. The summed E-state index contributed by atoms with van der Waals surface area (Å²) in [5, 5.41) is 21.3. The van der Waals surface area contributed by atoms with Crippen molar-refractivity contribution in [1.82, 2.24) is 15.0 Å². The number of sulfonamides is 1. The highest BCUT2D eigenvalue weighted by Crippen LogP contribution is 2.13. The second-order valence-corrected chi connectivity index (χ2v) is 5.42. The van der Waals surface area contributed by atoms with Crippen LogP contribution in [0.1, 0.15) is 10.4 Å². The number of aromatic nitrogens is 3. The van der Waals surface area contributed by atoms with E-state index >= 15 is 0 Å². The van der Waals surface area contributed by atoms with Crippen molar-refractivity contribution in [3.8, 4) is 0 Å². The van der Waals surface area contributed by atoms with Crippen molar-refractivity contribution < 1.29 is 18.3 Å². The maximum absolute atomic E-state index is 10.9. The minimum absolute atomic E-state index is 0.0262. The molecular weight excluding hydrogens is 260 g/mol. The molecule has 0 atom stereocenters. The first-order valence-electron chi connectivity index (χ1n) is 4.94. The summed E-state index contributed by atoms with van der Waals surface area (Å²) in [6.07, 6.45) is 0. The summed E-state index contributed by atoms with van der Waals surface area (Å²) in [5.41, 5.74) is 1.04. The molecule has 0 radical (unpaired) electrons. The molecule has 0 aliphatic carbocycles. The third-order valence-corrected chi connectivity index (χ3v) is 3.10. The van der Waals surface area contributed by atoms with Gasteiger partial charge in [-0.3, -0.25) is 0 Å². The molecule has 9 heteroatoms. The Kier molecular flexibility index (Phi) is 3.01. The number of hydrogen-bond donors (Lipinski definition) is 2. The number of rotatable bonds is 4. The molecule has 1 aromatic heterocycles. The Balaban J connectivity index is 2.39. The first-order chi connectivity index (χ1) is 8.37. The van der Waals surface area contributed by atoms with Crippen molar-refractivity contribution in [2.45, 2.75) is 6.54 Å². The van der Waals surface area contributed by atoms with E-state index < -0.39 is 16.0 Å². The molecule has 8 nitrogen and oxygen atoms in total. The van der Waals surface area contributed by atoms with E-state index in [9.17, 15) is 13.2 Å². The van der Waals surface area contributed by atoms with Gasteiger partial charge in [0.25, 0.3) is 0 Å². The van der Waals surface area contributed by atoms with E-state index in [4.69, 9.17) is 10.2 Å². The van der Waals surface area contributed by atoms with Gasteiger partial charge in [0.1, 0.15) is 5.52 Å². The van der Waals surface area contributed by atoms with Crippen LogP contribution in [0.15, 0.2) is 18.2 Å². The fourth-order valence-electron chi connectivity index (χ4n) is 1.48.